The minimum Gasteiger partial charge on any atom is -0.550 e. The van der Waals surface area contributed by atoms with Crippen LogP contribution in [0.3, 0.4) is 0 Å². The standard InChI is InChI=1S/C9H20.C4H10O2.C3H8O2.C2H4O2.CH4O.4H2O.2Rf.4Ru/c1-4-7-8-9(5-2)6-3;1-2-4(6)3-5;1-3(5)2-4;1-2(3)4;1-2;;;;;;;;;;/h9H,4-8H2,1-3H3;4-6H,2-3H2,1H3;3-5H,2H2,1H3;1H3,(H,3,4);2H,1H3;4*1H2;;;;;;/p-1. The molecule has 232 valence electrons. The second kappa shape index (κ2) is 102. The summed E-state index contributed by atoms with van der Waals surface area (Å²) in [5.41, 5.74) is 0. The third-order valence-electron chi connectivity index (χ3n) is 3.07. The van der Waals surface area contributed by atoms with Crippen LogP contribution in [0.1, 0.15) is 80.1 Å². The van der Waals surface area contributed by atoms with Crippen molar-refractivity contribution in [1.82, 2.24) is 0 Å². The summed E-state index contributed by atoms with van der Waals surface area (Å²) in [5.74, 6) is -0.0788. The van der Waals surface area contributed by atoms with Crippen LogP contribution in [-0.4, -0.2) is 85.9 Å². The van der Waals surface area contributed by atoms with Crippen LogP contribution in [0.5, 0.6) is 0 Å². The van der Waals surface area contributed by atoms with E-state index >= 15 is 0 Å². The van der Waals surface area contributed by atoms with Gasteiger partial charge in [-0.1, -0.05) is 59.8 Å². The summed E-state index contributed by atoms with van der Waals surface area (Å²) in [6.07, 6.45) is 6.54. The molecule has 0 bridgehead atoms. The maximum absolute atomic E-state index is 8.89. The molecule has 17 heteroatoms. The number of aliphatic hydroxyl groups is 5. The molecule has 0 saturated heterocycles. The molecule has 0 saturated carbocycles. The SMILES string of the molecule is CC(=O)[O-].CC(O)CO.CCC(O)CO.CCCCC(CC)CC.CO.O.O.O.O.[Rf].[Rf].[Ru].[Ru].[Ru].[Ru]. The van der Waals surface area contributed by atoms with Crippen molar-refractivity contribution >= 4 is 5.97 Å². The molecule has 0 aliphatic carbocycles. The van der Waals surface area contributed by atoms with E-state index in [0.29, 0.717) is 6.42 Å². The summed E-state index contributed by atoms with van der Waals surface area (Å²) in [5, 5.41) is 48.4. The molecule has 0 amide bonds. The van der Waals surface area contributed by atoms with E-state index in [1.807, 2.05) is 6.92 Å². The monoisotopic (exact) mass is 1400 g/mol. The van der Waals surface area contributed by atoms with E-state index in [9.17, 15) is 0 Å². The largest absolute Gasteiger partial charge is 0.550 e. The Morgan fingerprint density at radius 3 is 1.08 bits per heavy atom. The molecule has 36 heavy (non-hydrogen) atoms. The van der Waals surface area contributed by atoms with Crippen molar-refractivity contribution < 1.29 is 135 Å². The van der Waals surface area contributed by atoms with E-state index < -0.39 is 18.2 Å². The Balaban J connectivity index is -0.0000000116. The third-order valence-corrected chi connectivity index (χ3v) is 3.07. The number of carboxylic acids is 1. The molecule has 0 radical (unpaired) electrons. The van der Waals surface area contributed by atoms with Crippen molar-refractivity contribution in [2.75, 3.05) is 20.3 Å². The summed E-state index contributed by atoms with van der Waals surface area (Å²) in [6.45, 7) is 10.9. The molecule has 0 aromatic carbocycles. The molecule has 11 nitrogen and oxygen atoms in total. The summed E-state index contributed by atoms with van der Waals surface area (Å²) in [7, 11) is 1.00. The maximum atomic E-state index is 8.89. The van der Waals surface area contributed by atoms with Crippen LogP contribution in [0.15, 0.2) is 0 Å². The number of carboxylic acid groups (broad SMARTS) is 1. The first-order chi connectivity index (χ1) is 12.2. The number of aliphatic carboxylic acids is 1. The molecule has 2 unspecified atom stereocenters. The second-order valence-corrected chi connectivity index (χ2v) is 5.59. The van der Waals surface area contributed by atoms with Crippen LogP contribution < -0.4 is 5.11 Å². The second-order valence-electron chi connectivity index (χ2n) is 5.59. The predicted octanol–water partition coefficient (Wildman–Crippen LogP) is -2.22. The van der Waals surface area contributed by atoms with E-state index in [2.05, 4.69) is 20.8 Å². The summed E-state index contributed by atoms with van der Waals surface area (Å²) >= 11 is 0. The van der Waals surface area contributed by atoms with Gasteiger partial charge in [0.1, 0.15) is 0 Å². The van der Waals surface area contributed by atoms with Gasteiger partial charge in [0.2, 0.25) is 0 Å². The minimum absolute atomic E-state index is 0. The molecule has 0 heterocycles. The first-order valence-corrected chi connectivity index (χ1v) is 9.36. The van der Waals surface area contributed by atoms with Crippen LogP contribution in [-0.2, 0) is 82.7 Å². The van der Waals surface area contributed by atoms with Crippen molar-refractivity contribution in [2.45, 2.75) is 92.3 Å². The molecular formula is C19H53O11Rf2Ru4-. The smallest absolute Gasteiger partial charge is 0.0768 e. The maximum Gasteiger partial charge on any atom is 0.0768 e. The summed E-state index contributed by atoms with van der Waals surface area (Å²) < 4.78 is 0. The molecule has 0 aliphatic rings. The van der Waals surface area contributed by atoms with Gasteiger partial charge in [-0.2, -0.15) is 0 Å². The van der Waals surface area contributed by atoms with Gasteiger partial charge in [0, 0.05) is 91.0 Å². The van der Waals surface area contributed by atoms with E-state index in [0.717, 1.165) is 20.0 Å². The topological polar surface area (TPSA) is 267 Å². The Morgan fingerprint density at radius 1 is 0.750 bits per heavy atom. The molecule has 13 N–H and O–H groups in total. The van der Waals surface area contributed by atoms with Crippen LogP contribution >= 0.6 is 0 Å². The zero-order chi connectivity index (χ0) is 22.0. The van der Waals surface area contributed by atoms with Crippen LogP contribution in [0.2, 0.25) is 0 Å². The van der Waals surface area contributed by atoms with Gasteiger partial charge in [0.25, 0.3) is 0 Å². The summed E-state index contributed by atoms with van der Waals surface area (Å²) in [4.78, 5) is 8.89. The number of hydrogen-bond donors (Lipinski definition) is 5. The molecule has 0 fully saturated rings. The fourth-order valence-corrected chi connectivity index (χ4v) is 1.32. The van der Waals surface area contributed by atoms with Crippen molar-refractivity contribution in [2.24, 2.45) is 5.92 Å². The number of carbonyl (C=O) groups is 1. The molecule has 0 spiro atoms. The Kier molecular flexibility index (Phi) is 284. The molecule has 0 rings (SSSR count). The quantitative estimate of drug-likeness (QED) is 0.167. The van der Waals surface area contributed by atoms with Crippen LogP contribution in [0.4, 0.5) is 0 Å². The zero-order valence-electron chi connectivity index (χ0n) is 22.8. The average Bonchev–Trinajstić information content (AvgIpc) is 2.64. The number of rotatable bonds is 8. The van der Waals surface area contributed by atoms with Gasteiger partial charge in [-0.15, -0.1) is 0 Å². The van der Waals surface area contributed by atoms with Crippen molar-refractivity contribution in [3.05, 3.63) is 0 Å². The van der Waals surface area contributed by atoms with Gasteiger partial charge < -0.3 is 57.3 Å². The van der Waals surface area contributed by atoms with Crippen LogP contribution in [0, 0.1) is 5.92 Å². The number of hydrogen-bond acceptors (Lipinski definition) is 7. The van der Waals surface area contributed by atoms with E-state index in [1.54, 1.807) is 0 Å². The fourth-order valence-electron chi connectivity index (χ4n) is 1.32. The van der Waals surface area contributed by atoms with E-state index in [-0.39, 0.29) is 113 Å². The Hall–Kier alpha value is -0.396. The first kappa shape index (κ1) is 100. The average molecular weight is 1400 g/mol. The molecule has 0 aromatic heterocycles. The fraction of sp³-hybridized carbons (Fsp3) is 0.947. The molecule has 0 aliphatic heterocycles. The molecular weight excluding hydrogens is 1340 g/mol. The molecule has 2 atom stereocenters. The predicted molar refractivity (Wildman–Crippen MR) is 119 cm³/mol. The van der Waals surface area contributed by atoms with Crippen molar-refractivity contribution in [1.29, 1.82) is 0 Å². The zero-order valence-corrected chi connectivity index (χ0v) is 42.5. The van der Waals surface area contributed by atoms with Gasteiger partial charge in [0.05, 0.1) is 25.4 Å². The van der Waals surface area contributed by atoms with Gasteiger partial charge in [-0.25, -0.2) is 0 Å². The van der Waals surface area contributed by atoms with Crippen molar-refractivity contribution in [3.63, 3.8) is 0 Å². The number of unbranched alkanes of at least 4 members (excludes halogenated alkanes) is 1. The minimum atomic E-state index is -1.08. The van der Waals surface area contributed by atoms with Gasteiger partial charge in [0.15, 0.2) is 0 Å². The number of aliphatic hydroxyl groups excluding tert-OH is 5. The summed E-state index contributed by atoms with van der Waals surface area (Å²) in [6, 6.07) is 0. The Labute approximate surface area is 258 Å². The normalized spacial score (nSPS) is 8.03. The van der Waals surface area contributed by atoms with E-state index in [4.69, 9.17) is 35.4 Å². The van der Waals surface area contributed by atoms with Gasteiger partial charge in [-0.3, -0.25) is 0 Å². The Morgan fingerprint density at radius 2 is 1.00 bits per heavy atom. The van der Waals surface area contributed by atoms with Crippen LogP contribution in [0.25, 0.3) is 0 Å². The third kappa shape index (κ3) is 193. The first-order valence-electron chi connectivity index (χ1n) is 9.36. The van der Waals surface area contributed by atoms with Gasteiger partial charge in [-0.05, 0) is 26.2 Å². The van der Waals surface area contributed by atoms with Gasteiger partial charge >= 0.3 is 0 Å². The van der Waals surface area contributed by atoms with Crippen molar-refractivity contribution in [3.8, 4) is 0 Å². The number of carbonyl (C=O) groups excluding carboxylic acids is 1. The Bertz CT molecular complexity index is 247. The van der Waals surface area contributed by atoms with E-state index in [1.165, 1.54) is 39.0 Å². The molecule has 0 aromatic rings.